The van der Waals surface area contributed by atoms with Crippen LogP contribution in [0.25, 0.3) is 0 Å². The summed E-state index contributed by atoms with van der Waals surface area (Å²) in [7, 11) is 0. The third kappa shape index (κ3) is 3.65. The van der Waals surface area contributed by atoms with Crippen molar-refractivity contribution in [2.24, 2.45) is 22.7 Å². The highest BCUT2D eigenvalue weighted by atomic mass is 16.6. The van der Waals surface area contributed by atoms with Crippen molar-refractivity contribution in [1.29, 1.82) is 0 Å². The van der Waals surface area contributed by atoms with Crippen LogP contribution in [-0.4, -0.2) is 52.4 Å². The van der Waals surface area contributed by atoms with E-state index in [2.05, 4.69) is 6.58 Å². The molecule has 0 aromatic carbocycles. The number of hydrogen-bond acceptors (Lipinski definition) is 7. The maximum absolute atomic E-state index is 13.0. The standard InChI is InChI=1S/C24H34O7/c1-11-16(27)8-9-24(7)18(11)20(29)15-10-17(28)12(2)19(23(15,5)6)21(30-13(3)25)22(24)31-14(4)26/h15-16,18,20-22,27,29H,1,8-10H2,2-7H3. The normalized spacial score (nSPS) is 39.9. The molecule has 0 aliphatic heterocycles. The van der Waals surface area contributed by atoms with Crippen LogP contribution in [0.4, 0.5) is 0 Å². The zero-order valence-electron chi connectivity index (χ0n) is 19.2. The number of aliphatic hydroxyl groups is 2. The molecule has 0 heterocycles. The van der Waals surface area contributed by atoms with Gasteiger partial charge in [-0.1, -0.05) is 27.4 Å². The Morgan fingerprint density at radius 2 is 1.68 bits per heavy atom. The number of fused-ring (bicyclic) bond motifs is 3. The average Bonchev–Trinajstić information content (AvgIpc) is 2.64. The van der Waals surface area contributed by atoms with Crippen LogP contribution in [0.2, 0.25) is 0 Å². The molecule has 2 bridgehead atoms. The number of esters is 2. The minimum Gasteiger partial charge on any atom is -0.458 e. The van der Waals surface area contributed by atoms with Gasteiger partial charge in [-0.2, -0.15) is 0 Å². The van der Waals surface area contributed by atoms with Crippen molar-refractivity contribution in [2.45, 2.75) is 85.2 Å². The third-order valence-electron chi connectivity index (χ3n) is 7.89. The van der Waals surface area contributed by atoms with E-state index in [1.165, 1.54) is 13.8 Å². The van der Waals surface area contributed by atoms with E-state index in [1.807, 2.05) is 20.8 Å². The topological polar surface area (TPSA) is 110 Å². The molecule has 0 saturated heterocycles. The summed E-state index contributed by atoms with van der Waals surface area (Å²) in [4.78, 5) is 37.3. The molecule has 0 spiro atoms. The molecule has 0 aromatic heterocycles. The summed E-state index contributed by atoms with van der Waals surface area (Å²) in [6.45, 7) is 14.1. The highest BCUT2D eigenvalue weighted by Gasteiger charge is 2.62. The van der Waals surface area contributed by atoms with Gasteiger partial charge in [0.1, 0.15) is 6.10 Å². The number of carbonyl (C=O) groups is 3. The lowest BCUT2D eigenvalue weighted by Gasteiger charge is -2.58. The molecule has 7 unspecified atom stereocenters. The number of ether oxygens (including phenoxy) is 2. The van der Waals surface area contributed by atoms with E-state index in [0.29, 0.717) is 29.6 Å². The number of rotatable bonds is 2. The van der Waals surface area contributed by atoms with Crippen LogP contribution < -0.4 is 0 Å². The van der Waals surface area contributed by atoms with E-state index >= 15 is 0 Å². The highest BCUT2D eigenvalue weighted by molar-refractivity contribution is 5.97. The van der Waals surface area contributed by atoms with Crippen LogP contribution in [0.1, 0.15) is 60.8 Å². The maximum atomic E-state index is 13.0. The molecule has 3 aliphatic carbocycles. The van der Waals surface area contributed by atoms with Gasteiger partial charge in [-0.15, -0.1) is 0 Å². The molecule has 31 heavy (non-hydrogen) atoms. The summed E-state index contributed by atoms with van der Waals surface area (Å²) in [5.41, 5.74) is -0.0561. The number of ketones is 1. The summed E-state index contributed by atoms with van der Waals surface area (Å²) in [5.74, 6) is -2.35. The van der Waals surface area contributed by atoms with Gasteiger partial charge in [0.05, 0.1) is 12.2 Å². The summed E-state index contributed by atoms with van der Waals surface area (Å²) in [6.07, 6.45) is -2.78. The molecule has 0 radical (unpaired) electrons. The molecule has 7 heteroatoms. The van der Waals surface area contributed by atoms with Crippen molar-refractivity contribution < 1.29 is 34.1 Å². The van der Waals surface area contributed by atoms with Crippen molar-refractivity contribution in [3.8, 4) is 0 Å². The molecule has 3 rings (SSSR count). The van der Waals surface area contributed by atoms with Gasteiger partial charge in [-0.3, -0.25) is 14.4 Å². The number of aliphatic hydroxyl groups excluding tert-OH is 2. The van der Waals surface area contributed by atoms with Gasteiger partial charge < -0.3 is 19.7 Å². The van der Waals surface area contributed by atoms with E-state index < -0.39 is 59.0 Å². The van der Waals surface area contributed by atoms with Crippen LogP contribution in [0, 0.1) is 22.7 Å². The molecule has 2 N–H and O–H groups in total. The Bertz CT molecular complexity index is 854. The predicted octanol–water partition coefficient (Wildman–Crippen LogP) is 2.49. The monoisotopic (exact) mass is 434 g/mol. The Labute approximate surface area is 183 Å². The fourth-order valence-corrected chi connectivity index (χ4v) is 6.32. The van der Waals surface area contributed by atoms with E-state index in [-0.39, 0.29) is 12.2 Å². The second kappa shape index (κ2) is 7.85. The van der Waals surface area contributed by atoms with Crippen LogP contribution in [0.15, 0.2) is 23.3 Å². The van der Waals surface area contributed by atoms with Crippen molar-refractivity contribution in [3.05, 3.63) is 23.3 Å². The number of hydrogen-bond donors (Lipinski definition) is 2. The van der Waals surface area contributed by atoms with Crippen molar-refractivity contribution in [3.63, 3.8) is 0 Å². The molecule has 2 saturated carbocycles. The first-order chi connectivity index (χ1) is 14.2. The zero-order valence-corrected chi connectivity index (χ0v) is 19.2. The van der Waals surface area contributed by atoms with Gasteiger partial charge in [0.25, 0.3) is 0 Å². The van der Waals surface area contributed by atoms with Gasteiger partial charge in [0, 0.05) is 37.5 Å². The predicted molar refractivity (Wildman–Crippen MR) is 113 cm³/mol. The fraction of sp³-hybridized carbons (Fsp3) is 0.708. The van der Waals surface area contributed by atoms with Crippen LogP contribution in [-0.2, 0) is 23.9 Å². The van der Waals surface area contributed by atoms with E-state index in [9.17, 15) is 24.6 Å². The molecule has 0 amide bonds. The van der Waals surface area contributed by atoms with E-state index in [1.54, 1.807) is 6.92 Å². The maximum Gasteiger partial charge on any atom is 0.303 e. The Morgan fingerprint density at radius 3 is 2.23 bits per heavy atom. The van der Waals surface area contributed by atoms with Crippen molar-refractivity contribution >= 4 is 17.7 Å². The number of carbonyl (C=O) groups excluding carboxylic acids is 3. The Kier molecular flexibility index (Phi) is 6.00. The third-order valence-corrected chi connectivity index (χ3v) is 7.89. The molecule has 172 valence electrons. The second-order valence-corrected chi connectivity index (χ2v) is 10.2. The Balaban J connectivity index is 2.35. The van der Waals surface area contributed by atoms with Gasteiger partial charge in [-0.05, 0) is 41.9 Å². The van der Waals surface area contributed by atoms with Gasteiger partial charge >= 0.3 is 11.9 Å². The first kappa shape index (κ1) is 23.7. The highest BCUT2D eigenvalue weighted by Crippen LogP contribution is 2.59. The minimum absolute atomic E-state index is 0.136. The summed E-state index contributed by atoms with van der Waals surface area (Å²) in [5, 5.41) is 22.2. The van der Waals surface area contributed by atoms with Crippen LogP contribution in [0.3, 0.4) is 0 Å². The first-order valence-corrected chi connectivity index (χ1v) is 10.9. The van der Waals surface area contributed by atoms with Crippen LogP contribution in [0.5, 0.6) is 0 Å². The summed E-state index contributed by atoms with van der Waals surface area (Å²) >= 11 is 0. The smallest absolute Gasteiger partial charge is 0.303 e. The first-order valence-electron chi connectivity index (χ1n) is 10.9. The molecular formula is C24H34O7. The molecule has 3 aliphatic rings. The lowest BCUT2D eigenvalue weighted by Crippen LogP contribution is -2.63. The van der Waals surface area contributed by atoms with E-state index in [4.69, 9.17) is 9.47 Å². The lowest BCUT2D eigenvalue weighted by atomic mass is 9.49. The lowest BCUT2D eigenvalue weighted by molar-refractivity contribution is -0.195. The van der Waals surface area contributed by atoms with E-state index in [0.717, 1.165) is 0 Å². The summed E-state index contributed by atoms with van der Waals surface area (Å²) in [6, 6.07) is 0. The Hall–Kier alpha value is -1.99. The summed E-state index contributed by atoms with van der Waals surface area (Å²) < 4.78 is 11.6. The largest absolute Gasteiger partial charge is 0.458 e. The average molecular weight is 435 g/mol. The molecule has 0 aromatic rings. The minimum atomic E-state index is -0.995. The molecule has 2 fully saturated rings. The molecular weight excluding hydrogens is 400 g/mol. The van der Waals surface area contributed by atoms with Crippen molar-refractivity contribution in [2.75, 3.05) is 0 Å². The molecule has 7 atom stereocenters. The fourth-order valence-electron chi connectivity index (χ4n) is 6.32. The second-order valence-electron chi connectivity index (χ2n) is 10.2. The zero-order chi connectivity index (χ0) is 23.5. The van der Waals surface area contributed by atoms with Gasteiger partial charge in [-0.25, -0.2) is 0 Å². The quantitative estimate of drug-likeness (QED) is 0.507. The van der Waals surface area contributed by atoms with Gasteiger partial charge in [0.15, 0.2) is 11.9 Å². The molecule has 7 nitrogen and oxygen atoms in total. The van der Waals surface area contributed by atoms with Crippen molar-refractivity contribution in [1.82, 2.24) is 0 Å². The Morgan fingerprint density at radius 1 is 1.10 bits per heavy atom. The number of Topliss-reactive ketones (excluding diaryl/α,β-unsaturated/α-hetero) is 1. The van der Waals surface area contributed by atoms with Gasteiger partial charge in [0.2, 0.25) is 0 Å². The van der Waals surface area contributed by atoms with Crippen LogP contribution >= 0.6 is 0 Å². The number of allylic oxidation sites excluding steroid dienone is 1. The SMILES string of the molecule is C=C1C(O)CCC2(C)C(OC(C)=O)C(OC(C)=O)C3=C(C)C(=O)CC(C(O)C12)C3(C)C.